The second-order valence-corrected chi connectivity index (χ2v) is 4.39. The van der Waals surface area contributed by atoms with E-state index in [2.05, 4.69) is 41.5 Å². The van der Waals surface area contributed by atoms with E-state index in [1.165, 1.54) is 10.9 Å². The normalized spacial score (nSPS) is 12.8. The van der Waals surface area contributed by atoms with Crippen LogP contribution in [0, 0.1) is 0 Å². The summed E-state index contributed by atoms with van der Waals surface area (Å²) < 4.78 is 5.49. The third-order valence-corrected chi connectivity index (χ3v) is 2.91. The van der Waals surface area contributed by atoms with E-state index in [1.54, 1.807) is 0 Å². The third kappa shape index (κ3) is 3.28. The molecule has 0 aliphatic heterocycles. The zero-order valence-corrected chi connectivity index (χ0v) is 11.0. The highest BCUT2D eigenvalue weighted by Gasteiger charge is 2.03. The van der Waals surface area contributed by atoms with E-state index in [9.17, 15) is 0 Å². The Labute approximate surface area is 108 Å². The molecule has 18 heavy (non-hydrogen) atoms. The van der Waals surface area contributed by atoms with Crippen molar-refractivity contribution < 1.29 is 4.74 Å². The summed E-state index contributed by atoms with van der Waals surface area (Å²) in [6.45, 7) is 6.55. The number of ether oxygens (including phenoxy) is 1. The minimum atomic E-state index is 0.248. The van der Waals surface area contributed by atoms with E-state index in [-0.39, 0.29) is 6.10 Å². The molecule has 0 bridgehead atoms. The monoisotopic (exact) mass is 244 g/mol. The standard InChI is InChI=1S/C15H20N2O/c1-3-18-12(2)10-16-11-14-7-4-6-13-8-5-9-17-15(13)14/h4-9,12,16H,3,10-11H2,1-2H3. The minimum absolute atomic E-state index is 0.248. The Balaban J connectivity index is 1.99. The molecule has 0 fully saturated rings. The number of nitrogens with one attached hydrogen (secondary N) is 1. The number of rotatable bonds is 6. The largest absolute Gasteiger partial charge is 0.377 e. The molecular formula is C15H20N2O. The van der Waals surface area contributed by atoms with E-state index < -0.39 is 0 Å². The van der Waals surface area contributed by atoms with Gasteiger partial charge in [0.15, 0.2) is 0 Å². The number of fused-ring (bicyclic) bond motifs is 1. The number of aromatic nitrogens is 1. The van der Waals surface area contributed by atoms with E-state index in [1.807, 2.05) is 19.2 Å². The summed E-state index contributed by atoms with van der Waals surface area (Å²) in [5, 5.41) is 4.60. The minimum Gasteiger partial charge on any atom is -0.377 e. The van der Waals surface area contributed by atoms with Crippen molar-refractivity contribution in [2.75, 3.05) is 13.2 Å². The van der Waals surface area contributed by atoms with Crippen LogP contribution in [-0.4, -0.2) is 24.2 Å². The number of hydrogen-bond acceptors (Lipinski definition) is 3. The second kappa shape index (κ2) is 6.47. The van der Waals surface area contributed by atoms with Gasteiger partial charge in [-0.25, -0.2) is 0 Å². The molecule has 0 saturated heterocycles. The zero-order chi connectivity index (χ0) is 12.8. The molecule has 1 atom stereocenters. The van der Waals surface area contributed by atoms with Crippen LogP contribution in [0.3, 0.4) is 0 Å². The van der Waals surface area contributed by atoms with Crippen LogP contribution in [0.4, 0.5) is 0 Å². The Bertz CT molecular complexity index is 493. The number of pyridine rings is 1. The fraction of sp³-hybridized carbons (Fsp3) is 0.400. The average molecular weight is 244 g/mol. The quantitative estimate of drug-likeness (QED) is 0.848. The Morgan fingerprint density at radius 3 is 2.94 bits per heavy atom. The molecule has 3 nitrogen and oxygen atoms in total. The maximum absolute atomic E-state index is 5.49. The van der Waals surface area contributed by atoms with E-state index in [4.69, 9.17) is 4.74 Å². The van der Waals surface area contributed by atoms with Crippen LogP contribution in [0.5, 0.6) is 0 Å². The fourth-order valence-electron chi connectivity index (χ4n) is 2.06. The summed E-state index contributed by atoms with van der Waals surface area (Å²) in [5.41, 5.74) is 2.31. The molecule has 0 amide bonds. The van der Waals surface area contributed by atoms with Crippen molar-refractivity contribution >= 4 is 10.9 Å². The van der Waals surface area contributed by atoms with E-state index in [0.717, 1.165) is 25.2 Å². The van der Waals surface area contributed by atoms with Crippen LogP contribution in [-0.2, 0) is 11.3 Å². The van der Waals surface area contributed by atoms with Crippen molar-refractivity contribution in [1.82, 2.24) is 10.3 Å². The summed E-state index contributed by atoms with van der Waals surface area (Å²) in [4.78, 5) is 4.44. The highest BCUT2D eigenvalue weighted by Crippen LogP contribution is 2.15. The van der Waals surface area contributed by atoms with Gasteiger partial charge in [0.25, 0.3) is 0 Å². The van der Waals surface area contributed by atoms with Crippen LogP contribution < -0.4 is 5.32 Å². The third-order valence-electron chi connectivity index (χ3n) is 2.91. The molecule has 96 valence electrons. The molecule has 0 radical (unpaired) electrons. The van der Waals surface area contributed by atoms with Crippen molar-refractivity contribution in [1.29, 1.82) is 0 Å². The lowest BCUT2D eigenvalue weighted by molar-refractivity contribution is 0.0759. The topological polar surface area (TPSA) is 34.1 Å². The summed E-state index contributed by atoms with van der Waals surface area (Å²) in [5.74, 6) is 0. The van der Waals surface area contributed by atoms with Gasteiger partial charge in [0, 0.05) is 31.3 Å². The predicted octanol–water partition coefficient (Wildman–Crippen LogP) is 2.75. The molecule has 1 N–H and O–H groups in total. The molecule has 1 unspecified atom stereocenters. The second-order valence-electron chi connectivity index (χ2n) is 4.39. The molecule has 1 aromatic heterocycles. The smallest absolute Gasteiger partial charge is 0.0746 e. The van der Waals surface area contributed by atoms with Gasteiger partial charge in [-0.2, -0.15) is 0 Å². The van der Waals surface area contributed by atoms with Crippen LogP contribution >= 0.6 is 0 Å². The van der Waals surface area contributed by atoms with Gasteiger partial charge in [0.2, 0.25) is 0 Å². The van der Waals surface area contributed by atoms with Crippen molar-refractivity contribution in [2.45, 2.75) is 26.5 Å². The molecule has 3 heteroatoms. The Morgan fingerprint density at radius 2 is 2.11 bits per heavy atom. The molecule has 0 saturated carbocycles. The lowest BCUT2D eigenvalue weighted by Crippen LogP contribution is -2.26. The van der Waals surface area contributed by atoms with Gasteiger partial charge in [-0.05, 0) is 25.5 Å². The van der Waals surface area contributed by atoms with E-state index >= 15 is 0 Å². The lowest BCUT2D eigenvalue weighted by Gasteiger charge is -2.13. The van der Waals surface area contributed by atoms with E-state index in [0.29, 0.717) is 0 Å². The zero-order valence-electron chi connectivity index (χ0n) is 11.0. The van der Waals surface area contributed by atoms with Gasteiger partial charge in [0.1, 0.15) is 0 Å². The van der Waals surface area contributed by atoms with Crippen LogP contribution in [0.25, 0.3) is 10.9 Å². The number of nitrogens with zero attached hydrogens (tertiary/aromatic N) is 1. The number of para-hydroxylation sites is 1. The molecule has 1 aromatic carbocycles. The van der Waals surface area contributed by atoms with Gasteiger partial charge >= 0.3 is 0 Å². The molecule has 0 aliphatic carbocycles. The SMILES string of the molecule is CCOC(C)CNCc1cccc2cccnc12. The highest BCUT2D eigenvalue weighted by molar-refractivity contribution is 5.81. The first-order chi connectivity index (χ1) is 8.81. The maximum Gasteiger partial charge on any atom is 0.0746 e. The Kier molecular flexibility index (Phi) is 4.67. The first kappa shape index (κ1) is 13.0. The lowest BCUT2D eigenvalue weighted by atomic mass is 10.1. The van der Waals surface area contributed by atoms with Crippen LogP contribution in [0.1, 0.15) is 19.4 Å². The van der Waals surface area contributed by atoms with Gasteiger partial charge in [-0.15, -0.1) is 0 Å². The van der Waals surface area contributed by atoms with Crippen molar-refractivity contribution in [3.8, 4) is 0 Å². The van der Waals surface area contributed by atoms with Crippen molar-refractivity contribution in [2.24, 2.45) is 0 Å². The summed E-state index contributed by atoms with van der Waals surface area (Å²) in [7, 11) is 0. The fourth-order valence-corrected chi connectivity index (χ4v) is 2.06. The van der Waals surface area contributed by atoms with Crippen LogP contribution in [0.2, 0.25) is 0 Å². The van der Waals surface area contributed by atoms with Crippen LogP contribution in [0.15, 0.2) is 36.5 Å². The first-order valence-electron chi connectivity index (χ1n) is 6.46. The molecule has 2 aromatic rings. The summed E-state index contributed by atoms with van der Waals surface area (Å²) in [6, 6.07) is 10.3. The van der Waals surface area contributed by atoms with Gasteiger partial charge in [-0.1, -0.05) is 24.3 Å². The van der Waals surface area contributed by atoms with Gasteiger partial charge in [0.05, 0.1) is 11.6 Å². The molecule has 2 rings (SSSR count). The average Bonchev–Trinajstić information content (AvgIpc) is 2.39. The van der Waals surface area contributed by atoms with Gasteiger partial charge in [-0.3, -0.25) is 4.98 Å². The highest BCUT2D eigenvalue weighted by atomic mass is 16.5. The number of hydrogen-bond donors (Lipinski definition) is 1. The Morgan fingerprint density at radius 1 is 1.28 bits per heavy atom. The summed E-state index contributed by atoms with van der Waals surface area (Å²) >= 11 is 0. The molecule has 0 spiro atoms. The molecule has 0 aliphatic rings. The van der Waals surface area contributed by atoms with Crippen molar-refractivity contribution in [3.63, 3.8) is 0 Å². The molecule has 1 heterocycles. The predicted molar refractivity (Wildman–Crippen MR) is 74.5 cm³/mol. The Hall–Kier alpha value is -1.45. The number of benzene rings is 1. The molecular weight excluding hydrogens is 224 g/mol. The summed E-state index contributed by atoms with van der Waals surface area (Å²) in [6.07, 6.45) is 2.09. The van der Waals surface area contributed by atoms with Gasteiger partial charge < -0.3 is 10.1 Å². The first-order valence-corrected chi connectivity index (χ1v) is 6.46. The van der Waals surface area contributed by atoms with Crippen molar-refractivity contribution in [3.05, 3.63) is 42.1 Å². The maximum atomic E-state index is 5.49.